The number of benzene rings is 2. The lowest BCUT2D eigenvalue weighted by atomic mass is 10.0. The fraction of sp³-hybridized carbons (Fsp3) is 0.158. The second-order valence-electron chi connectivity index (χ2n) is 6.03. The highest BCUT2D eigenvalue weighted by atomic mass is 32.2. The Morgan fingerprint density at radius 3 is 2.72 bits per heavy atom. The number of thioether (sulfide) groups is 1. The topological polar surface area (TPSA) is 51.1 Å². The Morgan fingerprint density at radius 1 is 1.12 bits per heavy atom. The molecule has 1 amide bonds. The minimum atomic E-state index is -0.477. The normalized spacial score (nSPS) is 17.2. The van der Waals surface area contributed by atoms with Crippen LogP contribution in [-0.4, -0.2) is 21.0 Å². The molecule has 1 N–H and O–H groups in total. The van der Waals surface area contributed by atoms with E-state index in [-0.39, 0.29) is 16.2 Å². The third-order valence-corrected chi connectivity index (χ3v) is 5.13. The molecule has 4 nitrogen and oxygen atoms in total. The number of amides is 1. The number of rotatable bonds is 4. The van der Waals surface area contributed by atoms with E-state index >= 15 is 0 Å². The molecule has 2 heterocycles. The van der Waals surface area contributed by atoms with Crippen molar-refractivity contribution in [3.05, 3.63) is 71.7 Å². The predicted octanol–water partition coefficient (Wildman–Crippen LogP) is 3.72. The summed E-state index contributed by atoms with van der Waals surface area (Å²) in [7, 11) is 0. The first-order chi connectivity index (χ1) is 12.1. The van der Waals surface area contributed by atoms with Gasteiger partial charge in [-0.1, -0.05) is 24.3 Å². The van der Waals surface area contributed by atoms with Gasteiger partial charge in [-0.2, -0.15) is 0 Å². The van der Waals surface area contributed by atoms with E-state index in [1.165, 1.54) is 12.1 Å². The van der Waals surface area contributed by atoms with Crippen molar-refractivity contribution < 1.29 is 14.0 Å². The largest absolute Gasteiger partial charge is 0.343 e. The second kappa shape index (κ2) is 6.37. The smallest absolute Gasteiger partial charge is 0.287 e. The van der Waals surface area contributed by atoms with Gasteiger partial charge in [0, 0.05) is 41.8 Å². The maximum atomic E-state index is 13.4. The molecule has 6 heteroatoms. The number of hydrogen-bond acceptors (Lipinski definition) is 3. The first kappa shape index (κ1) is 15.9. The third-order valence-electron chi connectivity index (χ3n) is 4.34. The summed E-state index contributed by atoms with van der Waals surface area (Å²) in [6.07, 6.45) is 2.43. The van der Waals surface area contributed by atoms with Gasteiger partial charge in [-0.05, 0) is 35.4 Å². The molecule has 1 unspecified atom stereocenters. The van der Waals surface area contributed by atoms with Crippen molar-refractivity contribution >= 4 is 33.0 Å². The Morgan fingerprint density at radius 2 is 1.96 bits per heavy atom. The molecule has 4 rings (SSSR count). The molecule has 0 radical (unpaired) electrons. The zero-order valence-electron chi connectivity index (χ0n) is 13.2. The number of nitrogens with one attached hydrogen (secondary N) is 1. The Bertz CT molecular complexity index is 982. The molecule has 0 aliphatic carbocycles. The van der Waals surface area contributed by atoms with Crippen LogP contribution in [0.15, 0.2) is 54.7 Å². The van der Waals surface area contributed by atoms with Crippen molar-refractivity contribution in [3.8, 4) is 0 Å². The Kier molecular flexibility index (Phi) is 4.05. The van der Waals surface area contributed by atoms with Gasteiger partial charge in [-0.25, -0.2) is 4.39 Å². The van der Waals surface area contributed by atoms with Gasteiger partial charge in [-0.3, -0.25) is 9.59 Å². The van der Waals surface area contributed by atoms with Crippen LogP contribution in [0.3, 0.4) is 0 Å². The number of halogens is 1. The Balaban J connectivity index is 1.64. The highest BCUT2D eigenvalue weighted by Crippen LogP contribution is 2.25. The second-order valence-corrected chi connectivity index (χ2v) is 7.01. The van der Waals surface area contributed by atoms with Gasteiger partial charge in [0.05, 0.1) is 0 Å². The molecule has 3 aromatic rings. The summed E-state index contributed by atoms with van der Waals surface area (Å²) in [6.45, 7) is 0.569. The van der Waals surface area contributed by atoms with Crippen LogP contribution in [0, 0.1) is 5.82 Å². The van der Waals surface area contributed by atoms with E-state index in [0.29, 0.717) is 13.0 Å². The summed E-state index contributed by atoms with van der Waals surface area (Å²) in [5, 5.41) is 3.31. The van der Waals surface area contributed by atoms with E-state index in [0.717, 1.165) is 33.8 Å². The van der Waals surface area contributed by atoms with E-state index in [2.05, 4.69) is 9.88 Å². The summed E-state index contributed by atoms with van der Waals surface area (Å²) in [5.74, 6) is -0.248. The lowest BCUT2D eigenvalue weighted by molar-refractivity contribution is -0.112. The van der Waals surface area contributed by atoms with Crippen molar-refractivity contribution in [2.24, 2.45) is 0 Å². The van der Waals surface area contributed by atoms with Crippen LogP contribution in [0.2, 0.25) is 0 Å². The van der Waals surface area contributed by atoms with Gasteiger partial charge in [0.25, 0.3) is 5.24 Å². The van der Waals surface area contributed by atoms with Crippen LogP contribution in [-0.2, 0) is 17.8 Å². The molecule has 126 valence electrons. The van der Waals surface area contributed by atoms with E-state index in [4.69, 9.17) is 0 Å². The van der Waals surface area contributed by atoms with Crippen molar-refractivity contribution in [2.45, 2.75) is 19.0 Å². The monoisotopic (exact) mass is 354 g/mol. The molecule has 0 spiro atoms. The first-order valence-corrected chi connectivity index (χ1v) is 8.75. The van der Waals surface area contributed by atoms with Gasteiger partial charge in [0.2, 0.25) is 5.12 Å². The van der Waals surface area contributed by atoms with Crippen LogP contribution in [0.4, 0.5) is 9.18 Å². The van der Waals surface area contributed by atoms with E-state index in [9.17, 15) is 14.0 Å². The zero-order chi connectivity index (χ0) is 17.4. The van der Waals surface area contributed by atoms with E-state index in [1.54, 1.807) is 6.07 Å². The van der Waals surface area contributed by atoms with Gasteiger partial charge < -0.3 is 9.88 Å². The van der Waals surface area contributed by atoms with E-state index in [1.807, 2.05) is 36.5 Å². The average molecular weight is 354 g/mol. The standard InChI is InChI=1S/C19H15FN2O2S/c20-14-5-1-3-12(9-14)11-22-8-7-15-13(4-2-6-17(15)22)10-16-18(23)25-19(24)21-16/h1-9,16H,10-11H2,(H,21,24). The van der Waals surface area contributed by atoms with Crippen molar-refractivity contribution in [1.29, 1.82) is 0 Å². The number of hydrogen-bond donors (Lipinski definition) is 1. The molecular formula is C19H15FN2O2S. The molecular weight excluding hydrogens is 339 g/mol. The number of carbonyl (C=O) groups excluding carboxylic acids is 2. The Labute approximate surface area is 148 Å². The molecule has 25 heavy (non-hydrogen) atoms. The number of fused-ring (bicyclic) bond motifs is 1. The highest BCUT2D eigenvalue weighted by molar-refractivity contribution is 8.26. The van der Waals surface area contributed by atoms with Crippen LogP contribution < -0.4 is 5.32 Å². The summed E-state index contributed by atoms with van der Waals surface area (Å²) in [4.78, 5) is 23.2. The molecule has 1 atom stereocenters. The van der Waals surface area contributed by atoms with Crippen molar-refractivity contribution in [1.82, 2.24) is 9.88 Å². The molecule has 1 aliphatic heterocycles. The molecule has 1 aromatic heterocycles. The minimum Gasteiger partial charge on any atom is -0.343 e. The molecule has 1 aliphatic rings. The zero-order valence-corrected chi connectivity index (χ0v) is 14.1. The molecule has 0 bridgehead atoms. The first-order valence-electron chi connectivity index (χ1n) is 7.93. The van der Waals surface area contributed by atoms with Crippen LogP contribution >= 0.6 is 11.8 Å². The van der Waals surface area contributed by atoms with Crippen LogP contribution in [0.5, 0.6) is 0 Å². The summed E-state index contributed by atoms with van der Waals surface area (Å²) >= 11 is 0.732. The third kappa shape index (κ3) is 3.17. The SMILES string of the molecule is O=C1NC(Cc2cccc3c2ccn3Cc2cccc(F)c2)C(=O)S1. The number of carbonyl (C=O) groups is 2. The minimum absolute atomic E-state index is 0.138. The summed E-state index contributed by atoms with van der Waals surface area (Å²) in [6, 6.07) is 14.0. The quantitative estimate of drug-likeness (QED) is 0.777. The molecule has 1 fully saturated rings. The fourth-order valence-corrected chi connectivity index (χ4v) is 3.85. The van der Waals surface area contributed by atoms with Gasteiger partial charge in [0.1, 0.15) is 11.9 Å². The average Bonchev–Trinajstić information content (AvgIpc) is 3.12. The molecule has 2 aromatic carbocycles. The lowest BCUT2D eigenvalue weighted by Crippen LogP contribution is -2.30. The van der Waals surface area contributed by atoms with Crippen LogP contribution in [0.25, 0.3) is 10.9 Å². The molecule has 1 saturated heterocycles. The number of nitrogens with zero attached hydrogens (tertiary/aromatic N) is 1. The van der Waals surface area contributed by atoms with Crippen molar-refractivity contribution in [2.75, 3.05) is 0 Å². The Hall–Kier alpha value is -2.60. The maximum absolute atomic E-state index is 13.4. The summed E-state index contributed by atoms with van der Waals surface area (Å²) in [5.41, 5.74) is 2.92. The lowest BCUT2D eigenvalue weighted by Gasteiger charge is -2.10. The molecule has 0 saturated carbocycles. The number of aromatic nitrogens is 1. The van der Waals surface area contributed by atoms with Gasteiger partial charge in [-0.15, -0.1) is 0 Å². The maximum Gasteiger partial charge on any atom is 0.287 e. The fourth-order valence-electron chi connectivity index (χ4n) is 3.18. The van der Waals surface area contributed by atoms with Gasteiger partial charge in [0.15, 0.2) is 0 Å². The van der Waals surface area contributed by atoms with E-state index < -0.39 is 6.04 Å². The van der Waals surface area contributed by atoms with Crippen LogP contribution in [0.1, 0.15) is 11.1 Å². The summed E-state index contributed by atoms with van der Waals surface area (Å²) < 4.78 is 15.4. The highest BCUT2D eigenvalue weighted by Gasteiger charge is 2.31. The predicted molar refractivity (Wildman–Crippen MR) is 96.1 cm³/mol. The van der Waals surface area contributed by atoms with Gasteiger partial charge >= 0.3 is 0 Å². The van der Waals surface area contributed by atoms with Crippen molar-refractivity contribution in [3.63, 3.8) is 0 Å².